The number of carbonyl (C=O) groups excluding carboxylic acids is 2. The minimum atomic E-state index is -0.0502. The van der Waals surface area contributed by atoms with Gasteiger partial charge in [0.1, 0.15) is 11.6 Å². The number of Topliss-reactive ketones (excluding diaryl/α,β-unsaturated/α-hetero) is 2. The fourth-order valence-corrected chi connectivity index (χ4v) is 19.9. The third-order valence-corrected chi connectivity index (χ3v) is 24.0. The Morgan fingerprint density at radius 2 is 0.766 bits per heavy atom. The summed E-state index contributed by atoms with van der Waals surface area (Å²) in [5.41, 5.74) is 17.4. The van der Waals surface area contributed by atoms with E-state index in [1.807, 2.05) is 0 Å². The predicted molar refractivity (Wildman–Crippen MR) is 321 cm³/mol. The van der Waals surface area contributed by atoms with Crippen LogP contribution >= 0.6 is 0 Å². The fraction of sp³-hybridized carbons (Fsp3) is 0.778. The highest BCUT2D eigenvalue weighted by atomic mass is 16.3. The molecule has 0 bridgehead atoms. The highest BCUT2D eigenvalue weighted by molar-refractivity contribution is 5.83. The molecule has 14 rings (SSSR count). The van der Waals surface area contributed by atoms with Crippen molar-refractivity contribution in [1.82, 2.24) is 0 Å². The summed E-state index contributed by atoms with van der Waals surface area (Å²) in [6.45, 7) is 13.3. The second kappa shape index (κ2) is 27.0. The number of carbonyl (C=O) groups is 2. The van der Waals surface area contributed by atoms with Gasteiger partial charge in [0, 0.05) is 25.7 Å². The lowest BCUT2D eigenvalue weighted by molar-refractivity contribution is -0.119. The molecule has 14 aliphatic rings. The largest absolute Gasteiger partial charge is 0.393 e. The highest BCUT2D eigenvalue weighted by Crippen LogP contribution is 2.65. The van der Waals surface area contributed by atoms with Gasteiger partial charge in [0.2, 0.25) is 0 Å². The number of ketones is 2. The van der Waals surface area contributed by atoms with Crippen LogP contribution in [0.1, 0.15) is 279 Å². The summed E-state index contributed by atoms with van der Waals surface area (Å²) >= 11 is 0. The Morgan fingerprint density at radius 1 is 0.390 bits per heavy atom. The minimum absolute atomic E-state index is 0. The van der Waals surface area contributed by atoms with Gasteiger partial charge in [-0.2, -0.15) is 0 Å². The number of aliphatic hydroxyl groups excluding tert-OH is 3. The second-order valence-corrected chi connectivity index (χ2v) is 27.9. The van der Waals surface area contributed by atoms with E-state index in [2.05, 4.69) is 39.2 Å². The zero-order valence-corrected chi connectivity index (χ0v) is 47.7. The van der Waals surface area contributed by atoms with Crippen LogP contribution in [0, 0.1) is 58.2 Å². The topological polar surface area (TPSA) is 94.8 Å². The molecule has 0 aromatic rings. The van der Waals surface area contributed by atoms with Crippen LogP contribution in [-0.2, 0) is 9.59 Å². The third kappa shape index (κ3) is 13.4. The normalized spacial score (nSPS) is 38.7. The van der Waals surface area contributed by atoms with E-state index >= 15 is 0 Å². The van der Waals surface area contributed by atoms with Gasteiger partial charge < -0.3 is 15.3 Å². The summed E-state index contributed by atoms with van der Waals surface area (Å²) in [6, 6.07) is 0. The fourth-order valence-electron chi connectivity index (χ4n) is 19.9. The summed E-state index contributed by atoms with van der Waals surface area (Å²) < 4.78 is 0. The number of allylic oxidation sites excluding steroid dienone is 9. The van der Waals surface area contributed by atoms with Crippen molar-refractivity contribution in [3.8, 4) is 0 Å². The Morgan fingerprint density at radius 3 is 1.26 bits per heavy atom. The summed E-state index contributed by atoms with van der Waals surface area (Å²) in [5, 5.41) is 28.8. The third-order valence-electron chi connectivity index (χ3n) is 24.0. The first-order chi connectivity index (χ1) is 36.3. The van der Waals surface area contributed by atoms with E-state index in [0.29, 0.717) is 22.4 Å². The van der Waals surface area contributed by atoms with Crippen molar-refractivity contribution in [2.75, 3.05) is 0 Å². The smallest absolute Gasteiger partial charge is 0.137 e. The molecule has 0 spiro atoms. The van der Waals surface area contributed by atoms with E-state index in [9.17, 15) is 24.9 Å². The lowest BCUT2D eigenvalue weighted by Crippen LogP contribution is -2.43. The first-order valence-corrected chi connectivity index (χ1v) is 32.2. The van der Waals surface area contributed by atoms with Gasteiger partial charge in [-0.05, 0) is 283 Å². The van der Waals surface area contributed by atoms with Crippen molar-refractivity contribution in [3.05, 3.63) is 81.0 Å². The SMILES string of the molecule is C.C.C=C[C@H]1CCC2C3CCC4=C(CCC(=O)C4)C3CC[C@@]21C.C=C[C@H]1CCC2C3CCC4=C(CC[C@H](O)C4)C3CC[C@@]21C.O=C1CCC2=C(CCCC2)C1.O[C@H]1CCC2=C(CCCC2)C1.O[C@H]1CCC2=C(CCCC2)C1. The molecule has 0 aliphatic heterocycles. The van der Waals surface area contributed by atoms with Crippen LogP contribution in [0.4, 0.5) is 0 Å². The molecule has 0 heterocycles. The molecule has 4 saturated carbocycles. The van der Waals surface area contributed by atoms with Gasteiger partial charge in [0.25, 0.3) is 0 Å². The first kappa shape index (κ1) is 60.5. The van der Waals surface area contributed by atoms with Crippen LogP contribution in [0.3, 0.4) is 0 Å². The van der Waals surface area contributed by atoms with Gasteiger partial charge in [0.05, 0.1) is 18.3 Å². The molecule has 0 aromatic heterocycles. The Hall–Kier alpha value is -2.60. The van der Waals surface area contributed by atoms with Crippen molar-refractivity contribution in [2.24, 2.45) is 58.2 Å². The molecule has 0 radical (unpaired) electrons. The van der Waals surface area contributed by atoms with Crippen LogP contribution < -0.4 is 0 Å². The molecule has 13 atom stereocenters. The van der Waals surface area contributed by atoms with Crippen molar-refractivity contribution < 1.29 is 24.9 Å². The predicted octanol–water partition coefficient (Wildman–Crippen LogP) is 18.6. The molecule has 430 valence electrons. The van der Waals surface area contributed by atoms with Gasteiger partial charge in [0.15, 0.2) is 0 Å². The van der Waals surface area contributed by atoms with Crippen LogP contribution in [0.15, 0.2) is 81.0 Å². The Balaban J connectivity index is 0.000000131. The van der Waals surface area contributed by atoms with Crippen LogP contribution in [-0.4, -0.2) is 45.2 Å². The average Bonchev–Trinajstić information content (AvgIpc) is 4.03. The summed E-state index contributed by atoms with van der Waals surface area (Å²) in [6.07, 6.45) is 51.5. The number of rotatable bonds is 2. The summed E-state index contributed by atoms with van der Waals surface area (Å²) in [7, 11) is 0. The van der Waals surface area contributed by atoms with Crippen molar-refractivity contribution in [3.63, 3.8) is 0 Å². The number of hydrogen-bond donors (Lipinski definition) is 3. The molecule has 14 aliphatic carbocycles. The zero-order chi connectivity index (χ0) is 52.3. The molecule has 0 amide bonds. The van der Waals surface area contributed by atoms with Crippen LogP contribution in [0.5, 0.6) is 0 Å². The Bertz CT molecular complexity index is 2220. The number of hydrogen-bond acceptors (Lipinski definition) is 5. The Labute approximate surface area is 470 Å². The van der Waals surface area contributed by atoms with E-state index < -0.39 is 0 Å². The van der Waals surface area contributed by atoms with Gasteiger partial charge in [-0.1, -0.05) is 96.6 Å². The maximum atomic E-state index is 11.7. The standard InChI is InChI=1S/C20H30O.C20H28O.2C10H16O.C10H14O.2CH4/c2*1-3-14-5-9-19-18-7-4-13-12-15(21)6-8-16(13)17(18)10-11-20(14,19)2;3*11-10-6-5-8-3-1-2-4-9(8)7-10;;/h3,14-15,17-19,21H,1,4-12H2,2H3;3,14,17-19H,1,4-12H2,2H3;2*10-11H,1-7H2;1-7H2;2*1H4/t14-,15-,17?,18?,19?,20+;14-,17?,18?,19?,20+;2*10-;;;/m0000.../s1. The lowest BCUT2D eigenvalue weighted by atomic mass is 9.53. The first-order valence-electron chi connectivity index (χ1n) is 32.2. The molecule has 5 heteroatoms. The maximum absolute atomic E-state index is 11.7. The van der Waals surface area contributed by atoms with E-state index in [0.717, 1.165) is 124 Å². The molecular formula is C72H112O5. The van der Waals surface area contributed by atoms with E-state index in [-0.39, 0.29) is 33.2 Å². The molecule has 0 aromatic carbocycles. The van der Waals surface area contributed by atoms with Crippen LogP contribution in [0.25, 0.3) is 0 Å². The zero-order valence-electron chi connectivity index (χ0n) is 47.7. The molecule has 0 saturated heterocycles. The number of fused-ring (bicyclic) bond motifs is 8. The molecule has 6 unspecified atom stereocenters. The quantitative estimate of drug-likeness (QED) is 0.240. The average molecular weight is 1060 g/mol. The molecular weight excluding hydrogens is 945 g/mol. The summed E-state index contributed by atoms with van der Waals surface area (Å²) in [4.78, 5) is 22.8. The number of aliphatic hydroxyl groups is 3. The minimum Gasteiger partial charge on any atom is -0.393 e. The van der Waals surface area contributed by atoms with Crippen molar-refractivity contribution in [2.45, 2.75) is 297 Å². The molecule has 3 N–H and O–H groups in total. The van der Waals surface area contributed by atoms with E-state index in [1.165, 1.54) is 179 Å². The lowest BCUT2D eigenvalue weighted by Gasteiger charge is -2.52. The van der Waals surface area contributed by atoms with Gasteiger partial charge >= 0.3 is 0 Å². The van der Waals surface area contributed by atoms with Crippen molar-refractivity contribution >= 4 is 11.6 Å². The van der Waals surface area contributed by atoms with E-state index in [4.69, 9.17) is 0 Å². The van der Waals surface area contributed by atoms with Gasteiger partial charge in [-0.25, -0.2) is 0 Å². The molecule has 4 fully saturated rings. The van der Waals surface area contributed by atoms with Gasteiger partial charge in [-0.15, -0.1) is 13.2 Å². The molecule has 5 nitrogen and oxygen atoms in total. The molecule has 77 heavy (non-hydrogen) atoms. The van der Waals surface area contributed by atoms with Crippen LogP contribution in [0.2, 0.25) is 0 Å². The highest BCUT2D eigenvalue weighted by Gasteiger charge is 2.56. The van der Waals surface area contributed by atoms with E-state index in [1.54, 1.807) is 50.2 Å². The summed E-state index contributed by atoms with van der Waals surface area (Å²) in [5.74, 6) is 7.81. The second-order valence-electron chi connectivity index (χ2n) is 27.9. The monoisotopic (exact) mass is 1060 g/mol. The van der Waals surface area contributed by atoms with Gasteiger partial charge in [-0.3, -0.25) is 9.59 Å². The Kier molecular flexibility index (Phi) is 21.2. The van der Waals surface area contributed by atoms with Crippen molar-refractivity contribution in [1.29, 1.82) is 0 Å². The maximum Gasteiger partial charge on any atom is 0.137 e.